The summed E-state index contributed by atoms with van der Waals surface area (Å²) < 4.78 is 5.34. The van der Waals surface area contributed by atoms with Crippen molar-refractivity contribution in [2.45, 2.75) is 0 Å². The number of carbonyl (C=O) groups is 1. The van der Waals surface area contributed by atoms with Crippen LogP contribution in [0.15, 0.2) is 24.3 Å². The van der Waals surface area contributed by atoms with E-state index in [4.69, 9.17) is 9.84 Å². The number of carboxylic acid groups (broad SMARTS) is 1. The highest BCUT2D eigenvalue weighted by molar-refractivity contribution is 5.85. The molecule has 1 aliphatic heterocycles. The quantitative estimate of drug-likeness (QED) is 0.905. The topological polar surface area (TPSA) is 53.0 Å². The molecule has 0 bridgehead atoms. The first-order valence-corrected chi connectivity index (χ1v) is 6.03. The second kappa shape index (κ2) is 7.21. The lowest BCUT2D eigenvalue weighted by molar-refractivity contribution is -0.138. The van der Waals surface area contributed by atoms with Crippen LogP contribution in [0, 0.1) is 0 Å². The second-order valence-corrected chi connectivity index (χ2v) is 4.33. The van der Waals surface area contributed by atoms with Gasteiger partial charge in [-0.15, -0.1) is 12.4 Å². The number of rotatable bonds is 4. The maximum Gasteiger partial charge on any atom is 0.317 e. The monoisotopic (exact) mass is 286 g/mol. The van der Waals surface area contributed by atoms with Crippen LogP contribution in [-0.2, 0) is 4.79 Å². The van der Waals surface area contributed by atoms with Crippen molar-refractivity contribution in [1.82, 2.24) is 4.90 Å². The van der Waals surface area contributed by atoms with Crippen molar-refractivity contribution < 1.29 is 14.6 Å². The molecular weight excluding hydrogens is 268 g/mol. The lowest BCUT2D eigenvalue weighted by Gasteiger charge is -2.35. The number of ether oxygens (including phenoxy) is 1. The molecule has 0 aromatic heterocycles. The minimum absolute atomic E-state index is 0. The van der Waals surface area contributed by atoms with Gasteiger partial charge in [0, 0.05) is 26.2 Å². The number of aliphatic carboxylic acids is 1. The first kappa shape index (κ1) is 15.6. The van der Waals surface area contributed by atoms with Crippen molar-refractivity contribution in [1.29, 1.82) is 0 Å². The lowest BCUT2D eigenvalue weighted by atomic mass is 10.2. The van der Waals surface area contributed by atoms with Crippen molar-refractivity contribution in [3.05, 3.63) is 24.3 Å². The summed E-state index contributed by atoms with van der Waals surface area (Å²) in [6, 6.07) is 7.91. The zero-order chi connectivity index (χ0) is 13.0. The summed E-state index contributed by atoms with van der Waals surface area (Å²) in [5.41, 5.74) is 1.08. The minimum Gasteiger partial charge on any atom is -0.495 e. The summed E-state index contributed by atoms with van der Waals surface area (Å²) in [7, 11) is 1.67. The highest BCUT2D eigenvalue weighted by atomic mass is 35.5. The van der Waals surface area contributed by atoms with Gasteiger partial charge in [0.05, 0.1) is 19.3 Å². The Hall–Kier alpha value is -1.46. The minimum atomic E-state index is -0.763. The summed E-state index contributed by atoms with van der Waals surface area (Å²) in [5.74, 6) is 0.102. The summed E-state index contributed by atoms with van der Waals surface area (Å²) in [6.45, 7) is 3.32. The van der Waals surface area contributed by atoms with Gasteiger partial charge in [0.25, 0.3) is 0 Å². The van der Waals surface area contributed by atoms with Crippen LogP contribution >= 0.6 is 12.4 Å². The molecule has 1 heterocycles. The number of piperazine rings is 1. The van der Waals surface area contributed by atoms with Gasteiger partial charge in [0.1, 0.15) is 5.75 Å². The lowest BCUT2D eigenvalue weighted by Crippen LogP contribution is -2.48. The molecule has 1 aromatic carbocycles. The molecule has 2 rings (SSSR count). The Kier molecular flexibility index (Phi) is 5.92. The maximum atomic E-state index is 10.6. The fraction of sp³-hybridized carbons (Fsp3) is 0.462. The molecule has 1 N–H and O–H groups in total. The first-order chi connectivity index (χ1) is 8.70. The van der Waals surface area contributed by atoms with E-state index in [2.05, 4.69) is 4.90 Å². The predicted octanol–water partition coefficient (Wildman–Crippen LogP) is 1.32. The van der Waals surface area contributed by atoms with Crippen molar-refractivity contribution in [2.24, 2.45) is 0 Å². The third kappa shape index (κ3) is 4.01. The van der Waals surface area contributed by atoms with E-state index in [1.54, 1.807) is 7.11 Å². The van der Waals surface area contributed by atoms with Gasteiger partial charge in [0.2, 0.25) is 0 Å². The van der Waals surface area contributed by atoms with Crippen LogP contribution in [0.4, 0.5) is 5.69 Å². The average molecular weight is 287 g/mol. The molecule has 1 aromatic rings. The Balaban J connectivity index is 0.00000180. The fourth-order valence-electron chi connectivity index (χ4n) is 2.23. The molecule has 19 heavy (non-hydrogen) atoms. The largest absolute Gasteiger partial charge is 0.495 e. The molecule has 0 amide bonds. The van der Waals surface area contributed by atoms with Crippen molar-refractivity contribution in [3.63, 3.8) is 0 Å². The summed E-state index contributed by atoms with van der Waals surface area (Å²) >= 11 is 0. The maximum absolute atomic E-state index is 10.6. The number of benzene rings is 1. The highest BCUT2D eigenvalue weighted by Gasteiger charge is 2.20. The van der Waals surface area contributed by atoms with E-state index in [0.29, 0.717) is 0 Å². The number of hydrogen-bond acceptors (Lipinski definition) is 4. The van der Waals surface area contributed by atoms with E-state index >= 15 is 0 Å². The summed E-state index contributed by atoms with van der Waals surface area (Å²) in [6.07, 6.45) is 0. The number of methoxy groups -OCH3 is 1. The van der Waals surface area contributed by atoms with E-state index in [0.717, 1.165) is 37.6 Å². The molecule has 0 atom stereocenters. The average Bonchev–Trinajstić information content (AvgIpc) is 2.39. The third-order valence-corrected chi connectivity index (χ3v) is 3.16. The third-order valence-electron chi connectivity index (χ3n) is 3.16. The number of nitrogens with zero attached hydrogens (tertiary/aromatic N) is 2. The Morgan fingerprint density at radius 3 is 2.47 bits per heavy atom. The van der Waals surface area contributed by atoms with E-state index < -0.39 is 5.97 Å². The molecule has 1 saturated heterocycles. The molecule has 5 nitrogen and oxygen atoms in total. The van der Waals surface area contributed by atoms with Crippen LogP contribution in [0.5, 0.6) is 5.75 Å². The highest BCUT2D eigenvalue weighted by Crippen LogP contribution is 2.28. The molecule has 6 heteroatoms. The van der Waals surface area contributed by atoms with Crippen molar-refractivity contribution in [2.75, 3.05) is 44.7 Å². The van der Waals surface area contributed by atoms with Crippen molar-refractivity contribution >= 4 is 24.1 Å². The van der Waals surface area contributed by atoms with Crippen molar-refractivity contribution in [3.8, 4) is 5.75 Å². The first-order valence-electron chi connectivity index (χ1n) is 6.03. The van der Waals surface area contributed by atoms with Gasteiger partial charge >= 0.3 is 5.97 Å². The van der Waals surface area contributed by atoms with E-state index in [1.165, 1.54) is 0 Å². The van der Waals surface area contributed by atoms with Gasteiger partial charge in [-0.25, -0.2) is 0 Å². The Labute approximate surface area is 119 Å². The van der Waals surface area contributed by atoms with Crippen LogP contribution in [0.25, 0.3) is 0 Å². The zero-order valence-corrected chi connectivity index (χ0v) is 11.7. The number of halogens is 1. The SMILES string of the molecule is COc1ccccc1N1CCN(CC(=O)O)CC1.Cl. The molecule has 0 aliphatic carbocycles. The number of hydrogen-bond donors (Lipinski definition) is 1. The van der Waals surface area contributed by atoms with Crippen LogP contribution < -0.4 is 9.64 Å². The van der Waals surface area contributed by atoms with Crippen LogP contribution in [0.1, 0.15) is 0 Å². The van der Waals surface area contributed by atoms with Crippen LogP contribution in [0.3, 0.4) is 0 Å². The second-order valence-electron chi connectivity index (χ2n) is 4.33. The molecule has 1 aliphatic rings. The standard InChI is InChI=1S/C13H18N2O3.ClH/c1-18-12-5-3-2-4-11(12)15-8-6-14(7-9-15)10-13(16)17;/h2-5H,6-10H2,1H3,(H,16,17);1H. The fourth-order valence-corrected chi connectivity index (χ4v) is 2.23. The number of anilines is 1. The van der Waals surface area contributed by atoms with Crippen LogP contribution in [0.2, 0.25) is 0 Å². The van der Waals surface area contributed by atoms with Gasteiger partial charge in [-0.3, -0.25) is 9.69 Å². The summed E-state index contributed by atoms with van der Waals surface area (Å²) in [5, 5.41) is 8.76. The molecular formula is C13H19ClN2O3. The zero-order valence-electron chi connectivity index (χ0n) is 10.9. The predicted molar refractivity (Wildman–Crippen MR) is 76.5 cm³/mol. The Morgan fingerprint density at radius 2 is 1.89 bits per heavy atom. The number of para-hydroxylation sites is 2. The molecule has 0 saturated carbocycles. The van der Waals surface area contributed by atoms with E-state index in [9.17, 15) is 4.79 Å². The Bertz CT molecular complexity index is 420. The van der Waals surface area contributed by atoms with E-state index in [1.807, 2.05) is 29.2 Å². The van der Waals surface area contributed by atoms with Gasteiger partial charge in [0.15, 0.2) is 0 Å². The van der Waals surface area contributed by atoms with E-state index in [-0.39, 0.29) is 19.0 Å². The van der Waals surface area contributed by atoms with Gasteiger partial charge in [-0.1, -0.05) is 12.1 Å². The van der Waals surface area contributed by atoms with Gasteiger partial charge < -0.3 is 14.7 Å². The van der Waals surface area contributed by atoms with Crippen LogP contribution in [-0.4, -0.2) is 55.8 Å². The summed E-state index contributed by atoms with van der Waals surface area (Å²) in [4.78, 5) is 14.8. The number of carboxylic acids is 1. The molecule has 0 spiro atoms. The normalized spacial score (nSPS) is 15.7. The smallest absolute Gasteiger partial charge is 0.317 e. The van der Waals surface area contributed by atoms with Gasteiger partial charge in [-0.05, 0) is 12.1 Å². The molecule has 1 fully saturated rings. The molecule has 106 valence electrons. The Morgan fingerprint density at radius 1 is 1.26 bits per heavy atom. The molecule has 0 unspecified atom stereocenters. The molecule has 0 radical (unpaired) electrons. The van der Waals surface area contributed by atoms with Gasteiger partial charge in [-0.2, -0.15) is 0 Å².